The van der Waals surface area contributed by atoms with E-state index in [2.05, 4.69) is 21.7 Å². The zero-order valence-electron chi connectivity index (χ0n) is 12.2. The molecule has 0 saturated carbocycles. The average Bonchev–Trinajstić information content (AvgIpc) is 2.95. The van der Waals surface area contributed by atoms with Gasteiger partial charge in [-0.15, -0.1) is 11.3 Å². The minimum absolute atomic E-state index is 0.0285. The lowest BCUT2D eigenvalue weighted by atomic mass is 10.1. The molecule has 1 aromatic carbocycles. The number of thiophene rings is 1. The maximum Gasteiger partial charge on any atom is 0.224 e. The van der Waals surface area contributed by atoms with E-state index in [1.165, 1.54) is 4.88 Å². The summed E-state index contributed by atoms with van der Waals surface area (Å²) in [5.74, 6) is 0.0285. The normalized spacial score (nSPS) is 12.4. The van der Waals surface area contributed by atoms with E-state index in [1.54, 1.807) is 23.5 Å². The van der Waals surface area contributed by atoms with Crippen molar-refractivity contribution in [3.8, 4) is 0 Å². The third-order valence-corrected chi connectivity index (χ3v) is 4.49. The summed E-state index contributed by atoms with van der Waals surface area (Å²) in [6.07, 6.45) is 0.377. The second-order valence-electron chi connectivity index (χ2n) is 5.10. The van der Waals surface area contributed by atoms with E-state index in [9.17, 15) is 4.79 Å². The number of benzene rings is 1. The third-order valence-electron chi connectivity index (χ3n) is 3.27. The van der Waals surface area contributed by atoms with E-state index in [0.29, 0.717) is 18.0 Å². The van der Waals surface area contributed by atoms with Crippen LogP contribution in [-0.4, -0.2) is 31.4 Å². The van der Waals surface area contributed by atoms with Gasteiger partial charge in [0.15, 0.2) is 0 Å². The van der Waals surface area contributed by atoms with Crippen LogP contribution >= 0.6 is 22.9 Å². The minimum Gasteiger partial charge on any atom is -0.354 e. The fourth-order valence-electron chi connectivity index (χ4n) is 2.08. The van der Waals surface area contributed by atoms with Crippen LogP contribution in [0, 0.1) is 0 Å². The van der Waals surface area contributed by atoms with Gasteiger partial charge in [0.1, 0.15) is 0 Å². The number of nitrogens with one attached hydrogen (secondary N) is 1. The van der Waals surface area contributed by atoms with Gasteiger partial charge in [0.2, 0.25) is 5.91 Å². The van der Waals surface area contributed by atoms with Crippen molar-refractivity contribution >= 4 is 28.8 Å². The van der Waals surface area contributed by atoms with Gasteiger partial charge in [-0.3, -0.25) is 4.79 Å². The van der Waals surface area contributed by atoms with Crippen LogP contribution < -0.4 is 5.32 Å². The van der Waals surface area contributed by atoms with E-state index in [0.717, 1.165) is 5.56 Å². The molecule has 1 heterocycles. The van der Waals surface area contributed by atoms with Gasteiger partial charge < -0.3 is 10.2 Å². The molecular weight excluding hydrogens is 304 g/mol. The van der Waals surface area contributed by atoms with E-state index < -0.39 is 0 Å². The molecule has 21 heavy (non-hydrogen) atoms. The Kier molecular flexibility index (Phi) is 5.79. The van der Waals surface area contributed by atoms with Crippen LogP contribution in [0.4, 0.5) is 0 Å². The molecule has 1 N–H and O–H groups in total. The van der Waals surface area contributed by atoms with Crippen LogP contribution in [0.2, 0.25) is 5.02 Å². The summed E-state index contributed by atoms with van der Waals surface area (Å²) in [5, 5.41) is 5.75. The minimum atomic E-state index is 0.0285. The van der Waals surface area contributed by atoms with Crippen molar-refractivity contribution in [3.05, 3.63) is 57.2 Å². The third kappa shape index (κ3) is 4.84. The average molecular weight is 323 g/mol. The molecule has 0 saturated heterocycles. The number of halogens is 1. The summed E-state index contributed by atoms with van der Waals surface area (Å²) in [5.41, 5.74) is 0.967. The Morgan fingerprint density at radius 3 is 2.57 bits per heavy atom. The molecule has 0 fully saturated rings. The van der Waals surface area contributed by atoms with Gasteiger partial charge in [0.25, 0.3) is 0 Å². The Morgan fingerprint density at radius 1 is 1.29 bits per heavy atom. The molecule has 1 amide bonds. The molecule has 112 valence electrons. The molecule has 1 atom stereocenters. The first kappa shape index (κ1) is 16.0. The Labute approximate surface area is 134 Å². The predicted molar refractivity (Wildman–Crippen MR) is 88.9 cm³/mol. The maximum atomic E-state index is 12.0. The van der Waals surface area contributed by atoms with Gasteiger partial charge >= 0.3 is 0 Å². The number of rotatable bonds is 6. The molecule has 0 aliphatic carbocycles. The number of nitrogens with zero attached hydrogens (tertiary/aromatic N) is 1. The van der Waals surface area contributed by atoms with Crippen LogP contribution in [0.3, 0.4) is 0 Å². The molecule has 0 radical (unpaired) electrons. The highest BCUT2D eigenvalue weighted by molar-refractivity contribution is 7.10. The summed E-state index contributed by atoms with van der Waals surface area (Å²) in [7, 11) is 4.05. The Balaban J connectivity index is 1.89. The van der Waals surface area contributed by atoms with Gasteiger partial charge in [-0.2, -0.15) is 0 Å². The van der Waals surface area contributed by atoms with E-state index in [4.69, 9.17) is 11.6 Å². The van der Waals surface area contributed by atoms with Crippen LogP contribution in [0.5, 0.6) is 0 Å². The number of carbonyl (C=O) groups excluding carboxylic acids is 1. The number of hydrogen-bond acceptors (Lipinski definition) is 3. The Morgan fingerprint density at radius 2 is 2.00 bits per heavy atom. The van der Waals surface area contributed by atoms with Gasteiger partial charge in [0.05, 0.1) is 12.5 Å². The van der Waals surface area contributed by atoms with Crippen molar-refractivity contribution in [1.82, 2.24) is 10.2 Å². The molecule has 0 spiro atoms. The quantitative estimate of drug-likeness (QED) is 0.884. The topological polar surface area (TPSA) is 32.3 Å². The first-order valence-corrected chi connectivity index (χ1v) is 8.03. The number of likely N-dealkylation sites (N-methyl/N-ethyl adjacent to an activating group) is 1. The lowest BCUT2D eigenvalue weighted by Gasteiger charge is -2.23. The van der Waals surface area contributed by atoms with Gasteiger partial charge in [0, 0.05) is 16.4 Å². The molecule has 2 rings (SSSR count). The first-order chi connectivity index (χ1) is 10.1. The summed E-state index contributed by atoms with van der Waals surface area (Å²) >= 11 is 7.55. The summed E-state index contributed by atoms with van der Waals surface area (Å²) in [4.78, 5) is 15.4. The van der Waals surface area contributed by atoms with Crippen molar-refractivity contribution in [2.45, 2.75) is 12.5 Å². The van der Waals surface area contributed by atoms with Crippen LogP contribution in [0.25, 0.3) is 0 Å². The smallest absolute Gasteiger partial charge is 0.224 e. The second kappa shape index (κ2) is 7.59. The van der Waals surface area contributed by atoms with Crippen LogP contribution in [0.1, 0.15) is 16.5 Å². The predicted octanol–water partition coefficient (Wildman–Crippen LogP) is 3.36. The molecule has 0 unspecified atom stereocenters. The Hall–Kier alpha value is -1.36. The molecule has 3 nitrogen and oxygen atoms in total. The van der Waals surface area contributed by atoms with Crippen molar-refractivity contribution in [3.63, 3.8) is 0 Å². The number of carbonyl (C=O) groups is 1. The van der Waals surface area contributed by atoms with E-state index in [1.807, 2.05) is 32.3 Å². The van der Waals surface area contributed by atoms with Gasteiger partial charge in [-0.05, 0) is 43.2 Å². The highest BCUT2D eigenvalue weighted by atomic mass is 35.5. The molecule has 1 aromatic heterocycles. The highest BCUT2D eigenvalue weighted by Gasteiger charge is 2.16. The van der Waals surface area contributed by atoms with Crippen LogP contribution in [-0.2, 0) is 11.2 Å². The molecule has 5 heteroatoms. The summed E-state index contributed by atoms with van der Waals surface area (Å²) < 4.78 is 0. The summed E-state index contributed by atoms with van der Waals surface area (Å²) in [6, 6.07) is 11.7. The second-order valence-corrected chi connectivity index (χ2v) is 6.52. The Bertz CT molecular complexity index is 566. The van der Waals surface area contributed by atoms with Crippen molar-refractivity contribution in [2.75, 3.05) is 20.6 Å². The fraction of sp³-hybridized carbons (Fsp3) is 0.312. The van der Waals surface area contributed by atoms with Gasteiger partial charge in [-0.25, -0.2) is 0 Å². The highest BCUT2D eigenvalue weighted by Crippen LogP contribution is 2.22. The lowest BCUT2D eigenvalue weighted by Crippen LogP contribution is -2.34. The molecule has 2 aromatic rings. The molecule has 0 aliphatic rings. The standard InChI is InChI=1S/C16H19ClN2OS/c1-19(2)14(15-4-3-9-21-15)11-18-16(20)10-12-5-7-13(17)8-6-12/h3-9,14H,10-11H2,1-2H3,(H,18,20)/t14-/m1/s1. The molecule has 0 bridgehead atoms. The number of hydrogen-bond donors (Lipinski definition) is 1. The SMILES string of the molecule is CN(C)[C@H](CNC(=O)Cc1ccc(Cl)cc1)c1cccs1. The molecular formula is C16H19ClN2OS. The molecule has 0 aliphatic heterocycles. The zero-order chi connectivity index (χ0) is 15.2. The number of amides is 1. The maximum absolute atomic E-state index is 12.0. The monoisotopic (exact) mass is 322 g/mol. The van der Waals surface area contributed by atoms with Gasteiger partial charge in [-0.1, -0.05) is 29.8 Å². The zero-order valence-corrected chi connectivity index (χ0v) is 13.7. The largest absolute Gasteiger partial charge is 0.354 e. The van der Waals surface area contributed by atoms with Crippen molar-refractivity contribution in [1.29, 1.82) is 0 Å². The first-order valence-electron chi connectivity index (χ1n) is 6.77. The lowest BCUT2D eigenvalue weighted by molar-refractivity contribution is -0.120. The van der Waals surface area contributed by atoms with E-state index >= 15 is 0 Å². The summed E-state index contributed by atoms with van der Waals surface area (Å²) in [6.45, 7) is 0.611. The van der Waals surface area contributed by atoms with E-state index in [-0.39, 0.29) is 11.9 Å². The van der Waals surface area contributed by atoms with Crippen molar-refractivity contribution < 1.29 is 4.79 Å². The fourth-order valence-corrected chi connectivity index (χ4v) is 3.13. The van der Waals surface area contributed by atoms with Crippen molar-refractivity contribution in [2.24, 2.45) is 0 Å². The van der Waals surface area contributed by atoms with Crippen LogP contribution in [0.15, 0.2) is 41.8 Å².